The maximum atomic E-state index is 13.3. The van der Waals surface area contributed by atoms with Gasteiger partial charge in [0.05, 0.1) is 17.5 Å². The molecule has 0 radical (unpaired) electrons. The Kier molecular flexibility index (Phi) is 6.93. The molecule has 1 N–H and O–H groups in total. The number of rotatable bonds is 7. The van der Waals surface area contributed by atoms with Gasteiger partial charge in [0, 0.05) is 38.4 Å². The minimum atomic E-state index is -4.41. The number of carbonyl (C=O) groups excluding carboxylic acids is 1. The molecule has 33 heavy (non-hydrogen) atoms. The van der Waals surface area contributed by atoms with E-state index in [-0.39, 0.29) is 18.4 Å². The Bertz CT molecular complexity index is 981. The molecule has 2 aliphatic heterocycles. The smallest absolute Gasteiger partial charge is 0.416 e. The summed E-state index contributed by atoms with van der Waals surface area (Å²) >= 11 is 0. The molecule has 2 atom stereocenters. The summed E-state index contributed by atoms with van der Waals surface area (Å²) in [6, 6.07) is 13.3. The summed E-state index contributed by atoms with van der Waals surface area (Å²) in [5.41, 5.74) is 0.684. The number of halogens is 3. The van der Waals surface area contributed by atoms with Gasteiger partial charge in [-0.15, -0.1) is 6.58 Å². The van der Waals surface area contributed by atoms with Gasteiger partial charge in [0.15, 0.2) is 0 Å². The molecular formula is C25H28F3N3O2. The zero-order chi connectivity index (χ0) is 23.4. The van der Waals surface area contributed by atoms with E-state index in [4.69, 9.17) is 4.74 Å². The van der Waals surface area contributed by atoms with E-state index in [9.17, 15) is 18.0 Å². The van der Waals surface area contributed by atoms with E-state index in [2.05, 4.69) is 21.7 Å². The highest BCUT2D eigenvalue weighted by Gasteiger charge is 2.42. The predicted molar refractivity (Wildman–Crippen MR) is 121 cm³/mol. The zero-order valence-electron chi connectivity index (χ0n) is 18.4. The third kappa shape index (κ3) is 5.33. The molecule has 176 valence electrons. The van der Waals surface area contributed by atoms with E-state index in [1.807, 2.05) is 30.3 Å². The number of amides is 1. The molecule has 4 rings (SSSR count). The van der Waals surface area contributed by atoms with Gasteiger partial charge in [0.2, 0.25) is 5.91 Å². The van der Waals surface area contributed by atoms with Crippen molar-refractivity contribution in [3.05, 3.63) is 72.3 Å². The molecule has 2 aromatic rings. The van der Waals surface area contributed by atoms with Crippen LogP contribution in [0.2, 0.25) is 0 Å². The number of fused-ring (bicyclic) bond motifs is 3. The molecule has 0 unspecified atom stereocenters. The molecule has 1 saturated heterocycles. The SMILES string of the molecule is C=CCNC(=O)[C@H]1Cc2cc(C(F)(F)F)ccc2N2CCN(CCOc3ccccc3)C[C@@H]12. The van der Waals surface area contributed by atoms with Crippen molar-refractivity contribution in [2.24, 2.45) is 5.92 Å². The van der Waals surface area contributed by atoms with Gasteiger partial charge in [-0.25, -0.2) is 0 Å². The van der Waals surface area contributed by atoms with Gasteiger partial charge in [0.1, 0.15) is 12.4 Å². The summed E-state index contributed by atoms with van der Waals surface area (Å²) < 4.78 is 45.7. The average molecular weight is 460 g/mol. The van der Waals surface area contributed by atoms with Crippen LogP contribution in [0.4, 0.5) is 18.9 Å². The Morgan fingerprint density at radius 3 is 2.70 bits per heavy atom. The number of anilines is 1. The van der Waals surface area contributed by atoms with Gasteiger partial charge in [-0.1, -0.05) is 24.3 Å². The Balaban J connectivity index is 1.51. The molecule has 0 aliphatic carbocycles. The first-order chi connectivity index (χ1) is 15.9. The van der Waals surface area contributed by atoms with Crippen LogP contribution in [0.5, 0.6) is 5.75 Å². The first kappa shape index (κ1) is 23.2. The van der Waals surface area contributed by atoms with Crippen LogP contribution in [0.15, 0.2) is 61.2 Å². The van der Waals surface area contributed by atoms with Crippen LogP contribution in [0.25, 0.3) is 0 Å². The highest BCUT2D eigenvalue weighted by atomic mass is 19.4. The molecule has 2 heterocycles. The molecule has 1 amide bonds. The number of carbonyl (C=O) groups is 1. The largest absolute Gasteiger partial charge is 0.492 e. The number of para-hydroxylation sites is 1. The molecule has 2 aromatic carbocycles. The third-order valence-corrected chi connectivity index (χ3v) is 6.30. The highest BCUT2D eigenvalue weighted by molar-refractivity contribution is 5.82. The maximum Gasteiger partial charge on any atom is 0.416 e. The van der Waals surface area contributed by atoms with Crippen molar-refractivity contribution in [1.82, 2.24) is 10.2 Å². The normalized spacial score (nSPS) is 20.5. The molecule has 0 saturated carbocycles. The van der Waals surface area contributed by atoms with Crippen molar-refractivity contribution in [3.8, 4) is 5.75 Å². The number of alkyl halides is 3. The Morgan fingerprint density at radius 1 is 1.18 bits per heavy atom. The predicted octanol–water partition coefficient (Wildman–Crippen LogP) is 3.75. The standard InChI is InChI=1S/C25H28F3N3O2/c1-2-10-29-24(32)21-16-18-15-19(25(26,27)28)8-9-22(18)31-12-11-30(17-23(21)31)13-14-33-20-6-4-3-5-7-20/h2-9,15,21,23H,1,10-14,16-17H2,(H,29,32)/t21-,23-/m0/s1. The van der Waals surface area contributed by atoms with E-state index in [1.54, 1.807) is 12.1 Å². The number of nitrogens with zero attached hydrogens (tertiary/aromatic N) is 2. The molecule has 0 aromatic heterocycles. The molecule has 0 spiro atoms. The molecule has 8 heteroatoms. The fraction of sp³-hybridized carbons (Fsp3) is 0.400. The number of hydrogen-bond acceptors (Lipinski definition) is 4. The topological polar surface area (TPSA) is 44.8 Å². The summed E-state index contributed by atoms with van der Waals surface area (Å²) in [6.45, 7) is 7.22. The van der Waals surface area contributed by atoms with Crippen molar-refractivity contribution >= 4 is 11.6 Å². The lowest BCUT2D eigenvalue weighted by Crippen LogP contribution is -2.61. The molecular weight excluding hydrogens is 431 g/mol. The van der Waals surface area contributed by atoms with E-state index in [1.165, 1.54) is 6.07 Å². The first-order valence-corrected chi connectivity index (χ1v) is 11.1. The van der Waals surface area contributed by atoms with E-state index < -0.39 is 17.7 Å². The molecule has 0 bridgehead atoms. The van der Waals surface area contributed by atoms with Crippen LogP contribution in [0.1, 0.15) is 11.1 Å². The van der Waals surface area contributed by atoms with Crippen LogP contribution in [0.3, 0.4) is 0 Å². The lowest BCUT2D eigenvalue weighted by molar-refractivity contribution is -0.137. The number of benzene rings is 2. The lowest BCUT2D eigenvalue weighted by Gasteiger charge is -2.49. The van der Waals surface area contributed by atoms with Gasteiger partial charge in [0.25, 0.3) is 0 Å². The number of hydrogen-bond donors (Lipinski definition) is 1. The maximum absolute atomic E-state index is 13.3. The van der Waals surface area contributed by atoms with Crippen molar-refractivity contribution < 1.29 is 22.7 Å². The highest BCUT2D eigenvalue weighted by Crippen LogP contribution is 2.39. The van der Waals surface area contributed by atoms with E-state index >= 15 is 0 Å². The second kappa shape index (κ2) is 9.87. The fourth-order valence-electron chi connectivity index (χ4n) is 4.68. The van der Waals surface area contributed by atoms with Crippen molar-refractivity contribution in [2.75, 3.05) is 44.2 Å². The van der Waals surface area contributed by atoms with Crippen LogP contribution in [-0.2, 0) is 17.4 Å². The molecule has 2 aliphatic rings. The summed E-state index contributed by atoms with van der Waals surface area (Å²) in [6.07, 6.45) is -2.54. The van der Waals surface area contributed by atoms with Gasteiger partial charge < -0.3 is 15.0 Å². The minimum absolute atomic E-state index is 0.121. The van der Waals surface area contributed by atoms with Gasteiger partial charge in [-0.2, -0.15) is 13.2 Å². The fourth-order valence-corrected chi connectivity index (χ4v) is 4.68. The van der Waals surface area contributed by atoms with Crippen LogP contribution < -0.4 is 15.0 Å². The van der Waals surface area contributed by atoms with Crippen molar-refractivity contribution in [1.29, 1.82) is 0 Å². The van der Waals surface area contributed by atoms with Crippen molar-refractivity contribution in [3.63, 3.8) is 0 Å². The Labute approximate surface area is 191 Å². The zero-order valence-corrected chi connectivity index (χ0v) is 18.4. The first-order valence-electron chi connectivity index (χ1n) is 11.1. The minimum Gasteiger partial charge on any atom is -0.492 e. The van der Waals surface area contributed by atoms with E-state index in [0.717, 1.165) is 24.0 Å². The van der Waals surface area contributed by atoms with Gasteiger partial charge >= 0.3 is 6.18 Å². The monoisotopic (exact) mass is 459 g/mol. The van der Waals surface area contributed by atoms with Gasteiger partial charge in [-0.05, 0) is 42.3 Å². The lowest BCUT2D eigenvalue weighted by atomic mass is 9.82. The summed E-state index contributed by atoms with van der Waals surface area (Å²) in [4.78, 5) is 17.3. The summed E-state index contributed by atoms with van der Waals surface area (Å²) in [5.74, 6) is 0.207. The molecule has 5 nitrogen and oxygen atoms in total. The van der Waals surface area contributed by atoms with Crippen molar-refractivity contribution in [2.45, 2.75) is 18.6 Å². The van der Waals surface area contributed by atoms with Crippen LogP contribution in [-0.4, -0.2) is 56.2 Å². The number of nitrogens with one attached hydrogen (secondary N) is 1. The summed E-state index contributed by atoms with van der Waals surface area (Å²) in [7, 11) is 0. The van der Waals surface area contributed by atoms with E-state index in [0.29, 0.717) is 38.3 Å². The number of piperazine rings is 1. The second-order valence-corrected chi connectivity index (χ2v) is 8.41. The van der Waals surface area contributed by atoms with Crippen LogP contribution in [0, 0.1) is 5.92 Å². The third-order valence-electron chi connectivity index (χ3n) is 6.30. The average Bonchev–Trinajstić information content (AvgIpc) is 2.81. The Morgan fingerprint density at radius 2 is 1.97 bits per heavy atom. The summed E-state index contributed by atoms with van der Waals surface area (Å²) in [5, 5.41) is 2.84. The quantitative estimate of drug-likeness (QED) is 0.641. The van der Waals surface area contributed by atoms with Crippen LogP contribution >= 0.6 is 0 Å². The second-order valence-electron chi connectivity index (χ2n) is 8.41. The molecule has 1 fully saturated rings. The Hall–Kier alpha value is -3.00. The number of ether oxygens (including phenoxy) is 1. The van der Waals surface area contributed by atoms with Gasteiger partial charge in [-0.3, -0.25) is 9.69 Å².